The van der Waals surface area contributed by atoms with Gasteiger partial charge in [0.1, 0.15) is 0 Å². The molecule has 7 nitrogen and oxygen atoms in total. The zero-order valence-corrected chi connectivity index (χ0v) is 19.0. The minimum absolute atomic E-state index is 0.00455. The van der Waals surface area contributed by atoms with Gasteiger partial charge in [0.15, 0.2) is 0 Å². The molecule has 36 heavy (non-hydrogen) atoms. The number of alkyl halides is 3. The summed E-state index contributed by atoms with van der Waals surface area (Å²) in [6, 6.07) is 18.2. The first kappa shape index (κ1) is 24.6. The van der Waals surface area contributed by atoms with Crippen LogP contribution in [0.25, 0.3) is 22.6 Å². The standard InChI is InChI=1S/C26H20F3N3O4/c1-35-25(34)20-15-18(17-8-5-9-19(14-17)26(27,28)29)10-11-21(20)30-22(33)12-13-23-31-32-24(36-23)16-6-3-2-4-7-16/h2-11,14-15H,12-13H2,1H3,(H,30,33). The molecule has 0 bridgehead atoms. The number of rotatable bonds is 7. The molecule has 1 aromatic heterocycles. The number of ether oxygens (including phenoxy) is 1. The summed E-state index contributed by atoms with van der Waals surface area (Å²) < 4.78 is 49.7. The Hall–Kier alpha value is -4.47. The van der Waals surface area contributed by atoms with Gasteiger partial charge in [0, 0.05) is 18.4 Å². The van der Waals surface area contributed by atoms with E-state index in [2.05, 4.69) is 15.5 Å². The van der Waals surface area contributed by atoms with Gasteiger partial charge in [-0.05, 0) is 47.5 Å². The molecule has 0 atom stereocenters. The number of aromatic nitrogens is 2. The van der Waals surface area contributed by atoms with Gasteiger partial charge in [0.2, 0.25) is 17.7 Å². The van der Waals surface area contributed by atoms with Crippen LogP contribution in [0.15, 0.2) is 77.2 Å². The van der Waals surface area contributed by atoms with Crippen LogP contribution in [0.4, 0.5) is 18.9 Å². The van der Waals surface area contributed by atoms with Crippen molar-refractivity contribution in [2.75, 3.05) is 12.4 Å². The first-order chi connectivity index (χ1) is 17.2. The minimum atomic E-state index is -4.50. The molecule has 184 valence electrons. The molecule has 1 amide bonds. The van der Waals surface area contributed by atoms with Crippen LogP contribution in [0.1, 0.15) is 28.2 Å². The SMILES string of the molecule is COC(=O)c1cc(-c2cccc(C(F)(F)F)c2)ccc1NC(=O)CCc1nnc(-c2ccccc2)o1. The van der Waals surface area contributed by atoms with E-state index in [-0.39, 0.29) is 35.5 Å². The van der Waals surface area contributed by atoms with Crippen LogP contribution >= 0.6 is 0 Å². The van der Waals surface area contributed by atoms with Crippen LogP contribution in [-0.2, 0) is 22.1 Å². The van der Waals surface area contributed by atoms with E-state index in [9.17, 15) is 22.8 Å². The van der Waals surface area contributed by atoms with Crippen molar-refractivity contribution in [2.45, 2.75) is 19.0 Å². The van der Waals surface area contributed by atoms with Crippen molar-refractivity contribution in [3.05, 3.63) is 89.8 Å². The highest BCUT2D eigenvalue weighted by Gasteiger charge is 2.30. The summed E-state index contributed by atoms with van der Waals surface area (Å²) in [4.78, 5) is 24.9. The molecule has 4 rings (SSSR count). The van der Waals surface area contributed by atoms with Crippen molar-refractivity contribution in [1.82, 2.24) is 10.2 Å². The summed E-state index contributed by atoms with van der Waals surface area (Å²) in [6.07, 6.45) is -4.34. The molecular formula is C26H20F3N3O4. The molecule has 1 N–H and O–H groups in total. The lowest BCUT2D eigenvalue weighted by Gasteiger charge is -2.13. The summed E-state index contributed by atoms with van der Waals surface area (Å²) in [5, 5.41) is 10.6. The largest absolute Gasteiger partial charge is 0.465 e. The second kappa shape index (κ2) is 10.4. The number of aryl methyl sites for hydroxylation is 1. The Morgan fingerprint density at radius 2 is 1.64 bits per heavy atom. The van der Waals surface area contributed by atoms with Gasteiger partial charge in [0.25, 0.3) is 0 Å². The number of esters is 1. The third-order valence-electron chi connectivity index (χ3n) is 5.28. The number of hydrogen-bond donors (Lipinski definition) is 1. The number of carbonyl (C=O) groups is 2. The lowest BCUT2D eigenvalue weighted by molar-refractivity contribution is -0.137. The summed E-state index contributed by atoms with van der Waals surface area (Å²) in [5.41, 5.74) is 0.734. The van der Waals surface area contributed by atoms with Crippen LogP contribution in [0, 0.1) is 0 Å². The number of methoxy groups -OCH3 is 1. The third kappa shape index (κ3) is 5.77. The number of halogens is 3. The zero-order valence-electron chi connectivity index (χ0n) is 19.0. The summed E-state index contributed by atoms with van der Waals surface area (Å²) >= 11 is 0. The topological polar surface area (TPSA) is 94.3 Å². The third-order valence-corrected chi connectivity index (χ3v) is 5.28. The van der Waals surface area contributed by atoms with Gasteiger partial charge in [-0.3, -0.25) is 4.79 Å². The molecule has 0 unspecified atom stereocenters. The van der Waals surface area contributed by atoms with E-state index in [1.165, 1.54) is 37.4 Å². The van der Waals surface area contributed by atoms with Crippen molar-refractivity contribution in [3.8, 4) is 22.6 Å². The fourth-order valence-corrected chi connectivity index (χ4v) is 3.47. The average Bonchev–Trinajstić information content (AvgIpc) is 3.36. The molecule has 0 aliphatic rings. The highest BCUT2D eigenvalue weighted by molar-refractivity contribution is 6.02. The number of benzene rings is 3. The Balaban J connectivity index is 1.48. The number of amides is 1. The fraction of sp³-hybridized carbons (Fsp3) is 0.154. The van der Waals surface area contributed by atoms with E-state index in [0.29, 0.717) is 11.5 Å². The van der Waals surface area contributed by atoms with Gasteiger partial charge < -0.3 is 14.5 Å². The summed E-state index contributed by atoms with van der Waals surface area (Å²) in [7, 11) is 1.17. The predicted molar refractivity (Wildman–Crippen MR) is 125 cm³/mol. The highest BCUT2D eigenvalue weighted by atomic mass is 19.4. The van der Waals surface area contributed by atoms with Crippen molar-refractivity contribution < 1.29 is 31.9 Å². The molecular weight excluding hydrogens is 475 g/mol. The van der Waals surface area contributed by atoms with Gasteiger partial charge in [-0.15, -0.1) is 10.2 Å². The maximum absolute atomic E-state index is 13.1. The van der Waals surface area contributed by atoms with Crippen molar-refractivity contribution in [2.24, 2.45) is 0 Å². The Morgan fingerprint density at radius 1 is 0.917 bits per heavy atom. The fourth-order valence-electron chi connectivity index (χ4n) is 3.47. The second-order valence-corrected chi connectivity index (χ2v) is 7.75. The van der Waals surface area contributed by atoms with Gasteiger partial charge in [-0.2, -0.15) is 13.2 Å². The molecule has 1 heterocycles. The number of nitrogens with zero attached hydrogens (tertiary/aromatic N) is 2. The maximum Gasteiger partial charge on any atom is 0.416 e. The van der Waals surface area contributed by atoms with Crippen LogP contribution < -0.4 is 5.32 Å². The molecule has 0 saturated heterocycles. The Kier molecular flexibility index (Phi) is 7.14. The first-order valence-corrected chi connectivity index (χ1v) is 10.8. The van der Waals surface area contributed by atoms with E-state index < -0.39 is 23.6 Å². The van der Waals surface area contributed by atoms with Crippen molar-refractivity contribution in [3.63, 3.8) is 0 Å². The van der Waals surface area contributed by atoms with Crippen LogP contribution in [0.5, 0.6) is 0 Å². The van der Waals surface area contributed by atoms with Gasteiger partial charge in [-0.25, -0.2) is 4.79 Å². The van der Waals surface area contributed by atoms with Crippen LogP contribution in [0.2, 0.25) is 0 Å². The summed E-state index contributed by atoms with van der Waals surface area (Å²) in [5.74, 6) is -0.559. The van der Waals surface area contributed by atoms with E-state index in [4.69, 9.17) is 9.15 Å². The molecule has 0 spiro atoms. The van der Waals surface area contributed by atoms with Gasteiger partial charge in [-0.1, -0.05) is 36.4 Å². The maximum atomic E-state index is 13.1. The zero-order chi connectivity index (χ0) is 25.7. The lowest BCUT2D eigenvalue weighted by Crippen LogP contribution is -2.16. The Bertz CT molecular complexity index is 1380. The number of anilines is 1. The van der Waals surface area contributed by atoms with E-state index in [0.717, 1.165) is 17.7 Å². The second-order valence-electron chi connectivity index (χ2n) is 7.75. The smallest absolute Gasteiger partial charge is 0.416 e. The number of hydrogen-bond acceptors (Lipinski definition) is 6. The molecule has 4 aromatic rings. The first-order valence-electron chi connectivity index (χ1n) is 10.8. The minimum Gasteiger partial charge on any atom is -0.465 e. The number of carbonyl (C=O) groups excluding carboxylic acids is 2. The van der Waals surface area contributed by atoms with E-state index in [1.807, 2.05) is 30.3 Å². The predicted octanol–water partition coefficient (Wildman–Crippen LogP) is 5.78. The monoisotopic (exact) mass is 495 g/mol. The number of nitrogens with one attached hydrogen (secondary N) is 1. The van der Waals surface area contributed by atoms with Gasteiger partial charge in [0.05, 0.1) is 23.9 Å². The lowest BCUT2D eigenvalue weighted by atomic mass is 9.99. The quantitative estimate of drug-likeness (QED) is 0.327. The molecule has 0 saturated carbocycles. The average molecular weight is 495 g/mol. The van der Waals surface area contributed by atoms with E-state index in [1.54, 1.807) is 0 Å². The summed E-state index contributed by atoms with van der Waals surface area (Å²) in [6.45, 7) is 0. The molecule has 0 aliphatic heterocycles. The molecule has 0 radical (unpaired) electrons. The Morgan fingerprint density at radius 3 is 2.36 bits per heavy atom. The van der Waals surface area contributed by atoms with Crippen molar-refractivity contribution >= 4 is 17.6 Å². The Labute approximate surface area is 203 Å². The van der Waals surface area contributed by atoms with Crippen LogP contribution in [0.3, 0.4) is 0 Å². The normalized spacial score (nSPS) is 11.2. The highest BCUT2D eigenvalue weighted by Crippen LogP contribution is 2.33. The van der Waals surface area contributed by atoms with Gasteiger partial charge >= 0.3 is 12.1 Å². The van der Waals surface area contributed by atoms with Crippen molar-refractivity contribution in [1.29, 1.82) is 0 Å². The van der Waals surface area contributed by atoms with Crippen LogP contribution in [-0.4, -0.2) is 29.2 Å². The molecule has 0 fully saturated rings. The molecule has 10 heteroatoms. The van der Waals surface area contributed by atoms with E-state index >= 15 is 0 Å². The molecule has 3 aromatic carbocycles. The molecule has 0 aliphatic carbocycles.